The molecule has 0 bridgehead atoms. The second-order valence-corrected chi connectivity index (χ2v) is 5.02. The molecule has 1 atom stereocenters. The van der Waals surface area contributed by atoms with Gasteiger partial charge in [0.15, 0.2) is 0 Å². The molecule has 1 unspecified atom stereocenters. The zero-order chi connectivity index (χ0) is 13.8. The largest absolute Gasteiger partial charge is 0.470 e. The first-order valence-electron chi connectivity index (χ1n) is 6.48. The summed E-state index contributed by atoms with van der Waals surface area (Å²) in [6, 6.07) is 9.84. The van der Waals surface area contributed by atoms with Crippen LogP contribution in [0.2, 0.25) is 5.02 Å². The Balaban J connectivity index is 2.23. The first kappa shape index (κ1) is 13.9. The fraction of sp³-hybridized carbons (Fsp3) is 0.312. The molecular formula is C16H18ClNO. The van der Waals surface area contributed by atoms with Gasteiger partial charge in [0.1, 0.15) is 6.10 Å². The zero-order valence-corrected chi connectivity index (χ0v) is 12.2. The Morgan fingerprint density at radius 1 is 1.32 bits per heavy atom. The maximum Gasteiger partial charge on any atom is 0.217 e. The second-order valence-electron chi connectivity index (χ2n) is 4.58. The highest BCUT2D eigenvalue weighted by Crippen LogP contribution is 2.26. The smallest absolute Gasteiger partial charge is 0.217 e. The number of halogens is 1. The fourth-order valence-electron chi connectivity index (χ4n) is 2.13. The first-order valence-corrected chi connectivity index (χ1v) is 6.86. The zero-order valence-electron chi connectivity index (χ0n) is 11.5. The van der Waals surface area contributed by atoms with Crippen LogP contribution < -0.4 is 4.74 Å². The van der Waals surface area contributed by atoms with E-state index in [0.29, 0.717) is 5.88 Å². The number of rotatable bonds is 4. The average Bonchev–Trinajstić information content (AvgIpc) is 2.39. The molecule has 2 rings (SSSR count). The SMILES string of the molecule is CCc1cccnc1OC(C)c1ccc(Cl)cc1C. The van der Waals surface area contributed by atoms with Crippen molar-refractivity contribution >= 4 is 11.6 Å². The van der Waals surface area contributed by atoms with Gasteiger partial charge >= 0.3 is 0 Å². The summed E-state index contributed by atoms with van der Waals surface area (Å²) < 4.78 is 5.99. The number of ether oxygens (including phenoxy) is 1. The predicted octanol–water partition coefficient (Wildman–Crippen LogP) is 4.75. The topological polar surface area (TPSA) is 22.1 Å². The highest BCUT2D eigenvalue weighted by Gasteiger charge is 2.13. The molecule has 2 nitrogen and oxygen atoms in total. The highest BCUT2D eigenvalue weighted by molar-refractivity contribution is 6.30. The van der Waals surface area contributed by atoms with Crippen molar-refractivity contribution in [2.75, 3.05) is 0 Å². The highest BCUT2D eigenvalue weighted by atomic mass is 35.5. The lowest BCUT2D eigenvalue weighted by Crippen LogP contribution is -2.07. The summed E-state index contributed by atoms with van der Waals surface area (Å²) in [4.78, 5) is 4.31. The number of pyridine rings is 1. The van der Waals surface area contributed by atoms with Gasteiger partial charge in [-0.3, -0.25) is 0 Å². The third-order valence-electron chi connectivity index (χ3n) is 3.19. The molecule has 3 heteroatoms. The van der Waals surface area contributed by atoms with Crippen molar-refractivity contribution in [2.45, 2.75) is 33.3 Å². The summed E-state index contributed by atoms with van der Waals surface area (Å²) in [6.07, 6.45) is 2.63. The number of aryl methyl sites for hydroxylation is 2. The maximum atomic E-state index is 5.99. The van der Waals surface area contributed by atoms with Crippen molar-refractivity contribution in [1.29, 1.82) is 0 Å². The minimum Gasteiger partial charge on any atom is -0.470 e. The van der Waals surface area contributed by atoms with Gasteiger partial charge in [0, 0.05) is 16.8 Å². The summed E-state index contributed by atoms with van der Waals surface area (Å²) in [5, 5.41) is 0.750. The van der Waals surface area contributed by atoms with Crippen molar-refractivity contribution in [2.24, 2.45) is 0 Å². The van der Waals surface area contributed by atoms with E-state index in [1.165, 1.54) is 0 Å². The molecule has 19 heavy (non-hydrogen) atoms. The molecule has 0 aliphatic carbocycles. The van der Waals surface area contributed by atoms with Crippen LogP contribution in [0.5, 0.6) is 5.88 Å². The van der Waals surface area contributed by atoms with Crippen LogP contribution in [-0.4, -0.2) is 4.98 Å². The quantitative estimate of drug-likeness (QED) is 0.804. The van der Waals surface area contributed by atoms with E-state index in [0.717, 1.165) is 28.1 Å². The Morgan fingerprint density at radius 2 is 2.11 bits per heavy atom. The number of nitrogens with zero attached hydrogens (tertiary/aromatic N) is 1. The normalized spacial score (nSPS) is 12.2. The summed E-state index contributed by atoms with van der Waals surface area (Å²) in [5.74, 6) is 0.715. The maximum absolute atomic E-state index is 5.99. The molecule has 1 aromatic carbocycles. The molecule has 0 saturated carbocycles. The Morgan fingerprint density at radius 3 is 2.79 bits per heavy atom. The first-order chi connectivity index (χ1) is 9.11. The van der Waals surface area contributed by atoms with Gasteiger partial charge in [-0.15, -0.1) is 0 Å². The molecule has 0 aliphatic heterocycles. The molecule has 0 spiro atoms. The van der Waals surface area contributed by atoms with Crippen LogP contribution in [0, 0.1) is 6.92 Å². The van der Waals surface area contributed by atoms with Gasteiger partial charge in [-0.1, -0.05) is 30.7 Å². The molecule has 2 aromatic rings. The summed E-state index contributed by atoms with van der Waals surface area (Å²) in [6.45, 7) is 6.17. The molecular weight excluding hydrogens is 258 g/mol. The Hall–Kier alpha value is -1.54. The van der Waals surface area contributed by atoms with E-state index in [2.05, 4.69) is 11.9 Å². The molecule has 0 N–H and O–H groups in total. The van der Waals surface area contributed by atoms with Crippen LogP contribution in [0.1, 0.15) is 36.6 Å². The van der Waals surface area contributed by atoms with Crippen LogP contribution in [-0.2, 0) is 6.42 Å². The van der Waals surface area contributed by atoms with Gasteiger partial charge in [0.2, 0.25) is 5.88 Å². The van der Waals surface area contributed by atoms with Crippen LogP contribution in [0.4, 0.5) is 0 Å². The number of hydrogen-bond acceptors (Lipinski definition) is 2. The van der Waals surface area contributed by atoms with E-state index >= 15 is 0 Å². The predicted molar refractivity (Wildman–Crippen MR) is 78.8 cm³/mol. The van der Waals surface area contributed by atoms with E-state index in [1.807, 2.05) is 44.2 Å². The standard InChI is InChI=1S/C16H18ClNO/c1-4-13-6-5-9-18-16(13)19-12(3)15-8-7-14(17)10-11(15)2/h5-10,12H,4H2,1-3H3. The van der Waals surface area contributed by atoms with Gasteiger partial charge in [-0.25, -0.2) is 4.98 Å². The Bertz CT molecular complexity index is 568. The Labute approximate surface area is 119 Å². The molecule has 0 aliphatic rings. The van der Waals surface area contributed by atoms with Gasteiger partial charge in [0.05, 0.1) is 0 Å². The van der Waals surface area contributed by atoms with Crippen LogP contribution in [0.25, 0.3) is 0 Å². The van der Waals surface area contributed by atoms with Gasteiger partial charge in [-0.2, -0.15) is 0 Å². The lowest BCUT2D eigenvalue weighted by atomic mass is 10.0. The lowest BCUT2D eigenvalue weighted by Gasteiger charge is -2.18. The monoisotopic (exact) mass is 275 g/mol. The van der Waals surface area contributed by atoms with E-state index in [-0.39, 0.29) is 6.10 Å². The van der Waals surface area contributed by atoms with Crippen molar-refractivity contribution in [3.8, 4) is 5.88 Å². The molecule has 0 saturated heterocycles. The summed E-state index contributed by atoms with van der Waals surface area (Å²) in [7, 11) is 0. The summed E-state index contributed by atoms with van der Waals surface area (Å²) in [5.41, 5.74) is 3.40. The summed E-state index contributed by atoms with van der Waals surface area (Å²) >= 11 is 5.98. The van der Waals surface area contributed by atoms with E-state index in [4.69, 9.17) is 16.3 Å². The fourth-order valence-corrected chi connectivity index (χ4v) is 2.35. The Kier molecular flexibility index (Phi) is 4.43. The van der Waals surface area contributed by atoms with E-state index in [9.17, 15) is 0 Å². The minimum absolute atomic E-state index is 0.0440. The molecule has 0 amide bonds. The van der Waals surface area contributed by atoms with Crippen LogP contribution in [0.15, 0.2) is 36.5 Å². The lowest BCUT2D eigenvalue weighted by molar-refractivity contribution is 0.214. The van der Waals surface area contributed by atoms with Crippen LogP contribution >= 0.6 is 11.6 Å². The molecule has 1 heterocycles. The van der Waals surface area contributed by atoms with Crippen molar-refractivity contribution in [3.63, 3.8) is 0 Å². The number of hydrogen-bond donors (Lipinski definition) is 0. The van der Waals surface area contributed by atoms with Gasteiger partial charge < -0.3 is 4.74 Å². The second kappa shape index (κ2) is 6.07. The average molecular weight is 276 g/mol. The molecule has 0 fully saturated rings. The number of aromatic nitrogens is 1. The van der Waals surface area contributed by atoms with E-state index < -0.39 is 0 Å². The van der Waals surface area contributed by atoms with Crippen molar-refractivity contribution in [3.05, 3.63) is 58.2 Å². The molecule has 1 aromatic heterocycles. The van der Waals surface area contributed by atoms with Gasteiger partial charge in [0.25, 0.3) is 0 Å². The minimum atomic E-state index is -0.0440. The van der Waals surface area contributed by atoms with E-state index in [1.54, 1.807) is 6.20 Å². The van der Waals surface area contributed by atoms with Crippen LogP contribution in [0.3, 0.4) is 0 Å². The third kappa shape index (κ3) is 3.27. The molecule has 0 radical (unpaired) electrons. The van der Waals surface area contributed by atoms with Gasteiger partial charge in [-0.05, 0) is 49.6 Å². The number of benzene rings is 1. The molecule has 100 valence electrons. The van der Waals surface area contributed by atoms with Crippen molar-refractivity contribution in [1.82, 2.24) is 4.98 Å². The third-order valence-corrected chi connectivity index (χ3v) is 3.42. The van der Waals surface area contributed by atoms with Crippen molar-refractivity contribution < 1.29 is 4.74 Å².